The molecule has 1 aromatic heterocycles. The number of hydrogen-bond acceptors (Lipinski definition) is 4. The molecule has 5 heteroatoms. The predicted octanol–water partition coefficient (Wildman–Crippen LogP) is 3.41. The molecule has 0 radical (unpaired) electrons. The predicted molar refractivity (Wildman–Crippen MR) is 79.5 cm³/mol. The molecule has 106 valence electrons. The molecule has 0 fully saturated rings. The van der Waals surface area contributed by atoms with E-state index in [0.717, 1.165) is 16.2 Å². The van der Waals surface area contributed by atoms with E-state index in [-0.39, 0.29) is 11.9 Å². The molecule has 0 aliphatic rings. The van der Waals surface area contributed by atoms with E-state index in [2.05, 4.69) is 4.98 Å². The van der Waals surface area contributed by atoms with Gasteiger partial charge < -0.3 is 10.5 Å². The molecule has 2 aromatic rings. The minimum Gasteiger partial charge on any atom is -0.492 e. The standard InChI is InChI=1S/C15H17FN2OS/c1-2-19-13-6-11(8-18-9-13)15(17)10-20-14-5-3-4-12(16)7-14/h3-9,15H,2,10,17H2,1H3. The molecule has 0 amide bonds. The zero-order valence-electron chi connectivity index (χ0n) is 11.3. The van der Waals surface area contributed by atoms with Crippen LogP contribution in [-0.4, -0.2) is 17.3 Å². The zero-order valence-corrected chi connectivity index (χ0v) is 12.1. The van der Waals surface area contributed by atoms with Crippen LogP contribution in [0.2, 0.25) is 0 Å². The Hall–Kier alpha value is -1.59. The molecule has 1 atom stereocenters. The third kappa shape index (κ3) is 4.21. The summed E-state index contributed by atoms with van der Waals surface area (Å²) in [5, 5.41) is 0. The quantitative estimate of drug-likeness (QED) is 0.829. The van der Waals surface area contributed by atoms with Gasteiger partial charge in [-0.2, -0.15) is 0 Å². The van der Waals surface area contributed by atoms with Gasteiger partial charge in [-0.15, -0.1) is 11.8 Å². The molecular formula is C15H17FN2OS. The molecule has 1 heterocycles. The van der Waals surface area contributed by atoms with E-state index in [4.69, 9.17) is 10.5 Å². The fraction of sp³-hybridized carbons (Fsp3) is 0.267. The second kappa shape index (κ2) is 7.26. The Morgan fingerprint density at radius 1 is 1.35 bits per heavy atom. The summed E-state index contributed by atoms with van der Waals surface area (Å²) in [6, 6.07) is 8.23. The third-order valence-corrected chi connectivity index (χ3v) is 3.81. The van der Waals surface area contributed by atoms with Crippen LogP contribution in [-0.2, 0) is 0 Å². The van der Waals surface area contributed by atoms with Crippen molar-refractivity contribution >= 4 is 11.8 Å². The fourth-order valence-corrected chi connectivity index (χ4v) is 2.66. The van der Waals surface area contributed by atoms with E-state index in [1.807, 2.05) is 19.1 Å². The number of benzene rings is 1. The van der Waals surface area contributed by atoms with Crippen LogP contribution in [0.4, 0.5) is 4.39 Å². The van der Waals surface area contributed by atoms with Gasteiger partial charge in [-0.25, -0.2) is 4.39 Å². The molecule has 0 aliphatic carbocycles. The first-order valence-corrected chi connectivity index (χ1v) is 7.39. The monoisotopic (exact) mass is 292 g/mol. The SMILES string of the molecule is CCOc1cncc(C(N)CSc2cccc(F)c2)c1. The second-order valence-corrected chi connectivity index (χ2v) is 5.36. The van der Waals surface area contributed by atoms with Gasteiger partial charge in [0.05, 0.1) is 12.8 Å². The molecule has 0 saturated heterocycles. The normalized spacial score (nSPS) is 12.2. The Labute approximate surface area is 122 Å². The smallest absolute Gasteiger partial charge is 0.137 e. The van der Waals surface area contributed by atoms with E-state index in [9.17, 15) is 4.39 Å². The third-order valence-electron chi connectivity index (χ3n) is 2.70. The molecule has 0 spiro atoms. The van der Waals surface area contributed by atoms with Crippen LogP contribution < -0.4 is 10.5 Å². The fourth-order valence-electron chi connectivity index (χ4n) is 1.72. The summed E-state index contributed by atoms with van der Waals surface area (Å²) < 4.78 is 18.5. The summed E-state index contributed by atoms with van der Waals surface area (Å²) in [7, 11) is 0. The van der Waals surface area contributed by atoms with Gasteiger partial charge in [0.25, 0.3) is 0 Å². The Morgan fingerprint density at radius 2 is 2.20 bits per heavy atom. The van der Waals surface area contributed by atoms with Crippen molar-refractivity contribution in [3.05, 3.63) is 54.1 Å². The lowest BCUT2D eigenvalue weighted by molar-refractivity contribution is 0.338. The van der Waals surface area contributed by atoms with Crippen molar-refractivity contribution in [3.8, 4) is 5.75 Å². The molecular weight excluding hydrogens is 275 g/mol. The first-order chi connectivity index (χ1) is 9.69. The molecule has 1 unspecified atom stereocenters. The topological polar surface area (TPSA) is 48.1 Å². The molecule has 0 bridgehead atoms. The van der Waals surface area contributed by atoms with Crippen LogP contribution in [0.1, 0.15) is 18.5 Å². The van der Waals surface area contributed by atoms with Gasteiger partial charge in [0, 0.05) is 22.9 Å². The van der Waals surface area contributed by atoms with Gasteiger partial charge in [0.2, 0.25) is 0 Å². The van der Waals surface area contributed by atoms with Crippen LogP contribution in [0, 0.1) is 5.82 Å². The lowest BCUT2D eigenvalue weighted by atomic mass is 10.1. The number of nitrogens with zero attached hydrogens (tertiary/aromatic N) is 1. The molecule has 0 aliphatic heterocycles. The van der Waals surface area contributed by atoms with Gasteiger partial charge in [-0.1, -0.05) is 6.07 Å². The first-order valence-electron chi connectivity index (χ1n) is 6.40. The Balaban J connectivity index is 1.97. The molecule has 2 rings (SSSR count). The van der Waals surface area contributed by atoms with Gasteiger partial charge >= 0.3 is 0 Å². The summed E-state index contributed by atoms with van der Waals surface area (Å²) in [6.45, 7) is 2.52. The lowest BCUT2D eigenvalue weighted by Gasteiger charge is -2.12. The van der Waals surface area contributed by atoms with Crippen molar-refractivity contribution < 1.29 is 9.13 Å². The molecule has 20 heavy (non-hydrogen) atoms. The number of halogens is 1. The highest BCUT2D eigenvalue weighted by Gasteiger charge is 2.09. The largest absolute Gasteiger partial charge is 0.492 e. The lowest BCUT2D eigenvalue weighted by Crippen LogP contribution is -2.13. The zero-order chi connectivity index (χ0) is 14.4. The van der Waals surface area contributed by atoms with Gasteiger partial charge in [-0.05, 0) is 36.8 Å². The first kappa shape index (κ1) is 14.8. The second-order valence-electron chi connectivity index (χ2n) is 4.26. The van der Waals surface area contributed by atoms with Crippen LogP contribution in [0.3, 0.4) is 0 Å². The minimum atomic E-state index is -0.233. The highest BCUT2D eigenvalue weighted by Crippen LogP contribution is 2.25. The molecule has 2 N–H and O–H groups in total. The summed E-state index contributed by atoms with van der Waals surface area (Å²) >= 11 is 1.52. The number of thioether (sulfide) groups is 1. The van der Waals surface area contributed by atoms with Crippen LogP contribution in [0.25, 0.3) is 0 Å². The number of ether oxygens (including phenoxy) is 1. The maximum atomic E-state index is 13.1. The summed E-state index contributed by atoms with van der Waals surface area (Å²) in [5.74, 6) is 1.14. The van der Waals surface area contributed by atoms with Gasteiger partial charge in [0.15, 0.2) is 0 Å². The summed E-state index contributed by atoms with van der Waals surface area (Å²) in [4.78, 5) is 4.99. The van der Waals surface area contributed by atoms with Crippen molar-refractivity contribution in [2.24, 2.45) is 5.73 Å². The van der Waals surface area contributed by atoms with Crippen molar-refractivity contribution in [3.63, 3.8) is 0 Å². The van der Waals surface area contributed by atoms with Crippen molar-refractivity contribution in [1.29, 1.82) is 0 Å². The van der Waals surface area contributed by atoms with E-state index in [1.54, 1.807) is 18.5 Å². The van der Waals surface area contributed by atoms with E-state index in [0.29, 0.717) is 12.4 Å². The summed E-state index contributed by atoms with van der Waals surface area (Å²) in [6.07, 6.45) is 3.40. The highest BCUT2D eigenvalue weighted by molar-refractivity contribution is 7.99. The number of nitrogens with two attached hydrogens (primary N) is 1. The average molecular weight is 292 g/mol. The van der Waals surface area contributed by atoms with Gasteiger partial charge in [0.1, 0.15) is 11.6 Å². The molecule has 1 aromatic carbocycles. The maximum absolute atomic E-state index is 13.1. The Bertz CT molecular complexity index is 565. The average Bonchev–Trinajstić information content (AvgIpc) is 2.45. The number of pyridine rings is 1. The maximum Gasteiger partial charge on any atom is 0.137 e. The number of hydrogen-bond donors (Lipinski definition) is 1. The van der Waals surface area contributed by atoms with Crippen molar-refractivity contribution in [2.75, 3.05) is 12.4 Å². The van der Waals surface area contributed by atoms with E-state index in [1.165, 1.54) is 23.9 Å². The van der Waals surface area contributed by atoms with Crippen LogP contribution in [0.15, 0.2) is 47.6 Å². The number of aromatic nitrogens is 1. The van der Waals surface area contributed by atoms with Gasteiger partial charge in [-0.3, -0.25) is 4.98 Å². The van der Waals surface area contributed by atoms with E-state index >= 15 is 0 Å². The van der Waals surface area contributed by atoms with Crippen molar-refractivity contribution in [2.45, 2.75) is 17.9 Å². The molecule has 0 saturated carbocycles. The van der Waals surface area contributed by atoms with Crippen LogP contribution in [0.5, 0.6) is 5.75 Å². The highest BCUT2D eigenvalue weighted by atomic mass is 32.2. The molecule has 3 nitrogen and oxygen atoms in total. The Morgan fingerprint density at radius 3 is 2.95 bits per heavy atom. The van der Waals surface area contributed by atoms with Crippen LogP contribution >= 0.6 is 11.8 Å². The minimum absolute atomic E-state index is 0.170. The number of rotatable bonds is 6. The Kier molecular flexibility index (Phi) is 5.38. The van der Waals surface area contributed by atoms with E-state index < -0.39 is 0 Å². The summed E-state index contributed by atoms with van der Waals surface area (Å²) in [5.41, 5.74) is 7.05. The van der Waals surface area contributed by atoms with Crippen molar-refractivity contribution in [1.82, 2.24) is 4.98 Å².